The third-order valence-corrected chi connectivity index (χ3v) is 3.79. The van der Waals surface area contributed by atoms with Crippen molar-refractivity contribution in [2.24, 2.45) is 0 Å². The Kier molecular flexibility index (Phi) is 4.66. The van der Waals surface area contributed by atoms with Crippen LogP contribution in [0.5, 0.6) is 0 Å². The van der Waals surface area contributed by atoms with E-state index in [2.05, 4.69) is 10.4 Å². The number of carbonyl (C=O) groups excluding carboxylic acids is 1. The zero-order chi connectivity index (χ0) is 16.3. The maximum atomic E-state index is 12.3. The predicted octanol–water partition coefficient (Wildman–Crippen LogP) is 2.08. The molecule has 0 saturated heterocycles. The largest absolute Gasteiger partial charge is 0.384 e. The minimum atomic E-state index is -1.11. The molecule has 2 aromatic rings. The van der Waals surface area contributed by atoms with Gasteiger partial charge in [0.1, 0.15) is 11.6 Å². The number of aromatic nitrogens is 2. The first kappa shape index (κ1) is 16.2. The summed E-state index contributed by atoms with van der Waals surface area (Å²) in [4.78, 5) is 12.3. The van der Waals surface area contributed by atoms with Gasteiger partial charge in [-0.25, -0.2) is 0 Å². The molecule has 22 heavy (non-hydrogen) atoms. The number of nitrogens with zero attached hydrogens (tertiary/aromatic N) is 2. The second kappa shape index (κ2) is 6.32. The fourth-order valence-corrected chi connectivity index (χ4v) is 2.46. The summed E-state index contributed by atoms with van der Waals surface area (Å²) in [7, 11) is 0. The summed E-state index contributed by atoms with van der Waals surface area (Å²) in [5, 5.41) is 17.6. The number of hydrogen-bond donors (Lipinski definition) is 2. The third-order valence-electron chi connectivity index (χ3n) is 3.79. The zero-order valence-corrected chi connectivity index (χ0v) is 13.5. The summed E-state index contributed by atoms with van der Waals surface area (Å²) in [6.07, 6.45) is 0. The third kappa shape index (κ3) is 3.54. The van der Waals surface area contributed by atoms with E-state index in [1.165, 1.54) is 0 Å². The maximum Gasteiger partial charge on any atom is 0.244 e. The fraction of sp³-hybridized carbons (Fsp3) is 0.412. The molecular formula is C17H23N3O2. The highest BCUT2D eigenvalue weighted by molar-refractivity contribution is 5.80. The van der Waals surface area contributed by atoms with Crippen LogP contribution in [-0.2, 0) is 10.4 Å². The summed E-state index contributed by atoms with van der Waals surface area (Å²) < 4.78 is 1.70. The van der Waals surface area contributed by atoms with Crippen molar-refractivity contribution in [3.8, 4) is 0 Å². The Labute approximate surface area is 131 Å². The number of nitrogens with one attached hydrogen (secondary N) is 1. The molecule has 118 valence electrons. The summed E-state index contributed by atoms with van der Waals surface area (Å²) in [6.45, 7) is 7.46. The van der Waals surface area contributed by atoms with Gasteiger partial charge in [-0.3, -0.25) is 9.48 Å². The van der Waals surface area contributed by atoms with Gasteiger partial charge in [-0.2, -0.15) is 5.10 Å². The molecule has 1 aromatic heterocycles. The Morgan fingerprint density at radius 2 is 2.00 bits per heavy atom. The van der Waals surface area contributed by atoms with E-state index in [1.807, 2.05) is 50.2 Å². The van der Waals surface area contributed by atoms with Gasteiger partial charge < -0.3 is 10.4 Å². The lowest BCUT2D eigenvalue weighted by atomic mass is 9.96. The van der Waals surface area contributed by atoms with Gasteiger partial charge >= 0.3 is 0 Å². The molecule has 0 bridgehead atoms. The van der Waals surface area contributed by atoms with Crippen molar-refractivity contribution in [2.75, 3.05) is 6.54 Å². The fourth-order valence-electron chi connectivity index (χ4n) is 2.46. The van der Waals surface area contributed by atoms with E-state index in [-0.39, 0.29) is 12.5 Å². The molecule has 1 heterocycles. The van der Waals surface area contributed by atoms with Crippen LogP contribution in [0.1, 0.15) is 36.8 Å². The smallest absolute Gasteiger partial charge is 0.244 e. The number of benzene rings is 1. The van der Waals surface area contributed by atoms with Crippen LogP contribution in [0.4, 0.5) is 0 Å². The van der Waals surface area contributed by atoms with Crippen molar-refractivity contribution >= 4 is 5.91 Å². The highest BCUT2D eigenvalue weighted by Gasteiger charge is 2.25. The van der Waals surface area contributed by atoms with Gasteiger partial charge in [0, 0.05) is 5.69 Å². The molecule has 0 spiro atoms. The first-order chi connectivity index (χ1) is 10.3. The number of rotatable bonds is 5. The lowest BCUT2D eigenvalue weighted by Gasteiger charge is -2.25. The topological polar surface area (TPSA) is 67.2 Å². The van der Waals surface area contributed by atoms with Crippen LogP contribution in [0.3, 0.4) is 0 Å². The van der Waals surface area contributed by atoms with E-state index in [0.29, 0.717) is 0 Å². The number of aryl methyl sites for hydroxylation is 2. The average Bonchev–Trinajstić information content (AvgIpc) is 2.83. The maximum absolute atomic E-state index is 12.3. The molecule has 0 aliphatic heterocycles. The number of amides is 1. The van der Waals surface area contributed by atoms with Gasteiger partial charge in [0.2, 0.25) is 5.91 Å². The van der Waals surface area contributed by atoms with Gasteiger partial charge in [-0.05, 0) is 39.3 Å². The van der Waals surface area contributed by atoms with E-state index in [0.717, 1.165) is 17.0 Å². The predicted molar refractivity (Wildman–Crippen MR) is 85.4 cm³/mol. The van der Waals surface area contributed by atoms with Crippen molar-refractivity contribution in [2.45, 2.75) is 39.3 Å². The van der Waals surface area contributed by atoms with Crippen molar-refractivity contribution in [1.82, 2.24) is 15.1 Å². The lowest BCUT2D eigenvalue weighted by Crippen LogP contribution is -2.41. The highest BCUT2D eigenvalue weighted by atomic mass is 16.3. The number of carbonyl (C=O) groups is 1. The minimum absolute atomic E-state index is 0.152. The average molecular weight is 301 g/mol. The Balaban J connectivity index is 2.02. The standard InChI is InChI=1S/C17H23N3O2/c1-12-10-13(2)20(19-12)14(3)16(21)18-11-17(4,22)15-8-6-5-7-9-15/h5-10,14,22H,11H2,1-4H3,(H,18,21). The monoisotopic (exact) mass is 301 g/mol. The van der Waals surface area contributed by atoms with E-state index < -0.39 is 11.6 Å². The first-order valence-electron chi connectivity index (χ1n) is 7.39. The Hall–Kier alpha value is -2.14. The lowest BCUT2D eigenvalue weighted by molar-refractivity contribution is -0.125. The molecule has 1 amide bonds. The van der Waals surface area contributed by atoms with E-state index in [9.17, 15) is 9.90 Å². The van der Waals surface area contributed by atoms with Gasteiger partial charge in [0.25, 0.3) is 0 Å². The molecule has 2 N–H and O–H groups in total. The molecule has 2 atom stereocenters. The van der Waals surface area contributed by atoms with Crippen molar-refractivity contribution < 1.29 is 9.90 Å². The molecule has 0 aliphatic carbocycles. The van der Waals surface area contributed by atoms with Gasteiger partial charge in [0.15, 0.2) is 0 Å². The van der Waals surface area contributed by atoms with Crippen LogP contribution in [0.2, 0.25) is 0 Å². The normalized spacial score (nSPS) is 15.1. The first-order valence-corrected chi connectivity index (χ1v) is 7.39. The molecule has 0 saturated carbocycles. The Morgan fingerprint density at radius 1 is 1.36 bits per heavy atom. The second-order valence-corrected chi connectivity index (χ2v) is 5.91. The molecule has 2 rings (SSSR count). The quantitative estimate of drug-likeness (QED) is 0.888. The van der Waals surface area contributed by atoms with Crippen molar-refractivity contribution in [3.63, 3.8) is 0 Å². The molecule has 5 nitrogen and oxygen atoms in total. The van der Waals surface area contributed by atoms with Gasteiger partial charge in [-0.1, -0.05) is 30.3 Å². The van der Waals surface area contributed by atoms with Crippen molar-refractivity contribution in [3.05, 3.63) is 53.3 Å². The van der Waals surface area contributed by atoms with Gasteiger partial charge in [0.05, 0.1) is 12.2 Å². The second-order valence-electron chi connectivity index (χ2n) is 5.91. The van der Waals surface area contributed by atoms with Crippen LogP contribution >= 0.6 is 0 Å². The molecular weight excluding hydrogens is 278 g/mol. The van der Waals surface area contributed by atoms with E-state index in [4.69, 9.17) is 0 Å². The van der Waals surface area contributed by atoms with E-state index in [1.54, 1.807) is 18.5 Å². The summed E-state index contributed by atoms with van der Waals surface area (Å²) >= 11 is 0. The molecule has 0 fully saturated rings. The molecule has 1 aromatic carbocycles. The SMILES string of the molecule is Cc1cc(C)n(C(C)C(=O)NCC(C)(O)c2ccccc2)n1. The van der Waals surface area contributed by atoms with Crippen LogP contribution in [0.15, 0.2) is 36.4 Å². The molecule has 0 radical (unpaired) electrons. The van der Waals surface area contributed by atoms with Gasteiger partial charge in [-0.15, -0.1) is 0 Å². The van der Waals surface area contributed by atoms with Crippen LogP contribution in [-0.4, -0.2) is 27.3 Å². The Morgan fingerprint density at radius 3 is 2.55 bits per heavy atom. The molecule has 0 aliphatic rings. The number of aliphatic hydroxyl groups is 1. The Bertz CT molecular complexity index is 647. The summed E-state index contributed by atoms with van der Waals surface area (Å²) in [5.41, 5.74) is 1.49. The molecule has 5 heteroatoms. The number of hydrogen-bond acceptors (Lipinski definition) is 3. The van der Waals surface area contributed by atoms with Crippen LogP contribution in [0, 0.1) is 13.8 Å². The molecule has 2 unspecified atom stereocenters. The van der Waals surface area contributed by atoms with E-state index >= 15 is 0 Å². The zero-order valence-electron chi connectivity index (χ0n) is 13.5. The minimum Gasteiger partial charge on any atom is -0.384 e. The van der Waals surface area contributed by atoms with Crippen molar-refractivity contribution in [1.29, 1.82) is 0 Å². The van der Waals surface area contributed by atoms with Crippen LogP contribution < -0.4 is 5.32 Å². The summed E-state index contributed by atoms with van der Waals surface area (Å²) in [5.74, 6) is -0.164. The summed E-state index contributed by atoms with van der Waals surface area (Å²) in [6, 6.07) is 10.8. The van der Waals surface area contributed by atoms with Crippen LogP contribution in [0.25, 0.3) is 0 Å². The highest BCUT2D eigenvalue weighted by Crippen LogP contribution is 2.19.